The van der Waals surface area contributed by atoms with E-state index >= 15 is 0 Å². The summed E-state index contributed by atoms with van der Waals surface area (Å²) in [6, 6.07) is 7.23. The molecule has 1 fully saturated rings. The lowest BCUT2D eigenvalue weighted by Gasteiger charge is -2.24. The molecule has 0 radical (unpaired) electrons. The molecule has 1 aliphatic heterocycles. The average Bonchev–Trinajstić information content (AvgIpc) is 3.59. The predicted molar refractivity (Wildman–Crippen MR) is 157 cm³/mol. The number of carbonyl (C=O) groups excluding carboxylic acids is 3. The van der Waals surface area contributed by atoms with Crippen molar-refractivity contribution in [1.29, 1.82) is 0 Å². The molecule has 0 saturated heterocycles. The van der Waals surface area contributed by atoms with Gasteiger partial charge in [0.15, 0.2) is 0 Å². The Balaban J connectivity index is 1.24. The average molecular weight is 663 g/mol. The number of esters is 3. The first-order chi connectivity index (χ1) is 22.0. The van der Waals surface area contributed by atoms with Gasteiger partial charge in [-0.1, -0.05) is 30.4 Å². The third-order valence-electron chi connectivity index (χ3n) is 7.61. The lowest BCUT2D eigenvalue weighted by Crippen LogP contribution is -2.31. The van der Waals surface area contributed by atoms with Crippen LogP contribution in [0.4, 0.5) is 0 Å². The van der Waals surface area contributed by atoms with Crippen LogP contribution in [0.15, 0.2) is 69.2 Å². The highest BCUT2D eigenvalue weighted by atomic mass is 32.2. The van der Waals surface area contributed by atoms with E-state index in [4.69, 9.17) is 18.9 Å². The minimum Gasteiger partial charge on any atom is -0.466 e. The van der Waals surface area contributed by atoms with Crippen LogP contribution in [0.25, 0.3) is 0 Å². The van der Waals surface area contributed by atoms with E-state index in [0.29, 0.717) is 19.3 Å². The first-order valence-corrected chi connectivity index (χ1v) is 16.6. The number of sulfone groups is 1. The van der Waals surface area contributed by atoms with E-state index < -0.39 is 50.9 Å². The zero-order chi connectivity index (χ0) is 33.1. The number of aliphatic hydroxyl groups excluding tert-OH is 1. The van der Waals surface area contributed by atoms with Crippen molar-refractivity contribution in [3.8, 4) is 5.88 Å². The Morgan fingerprint density at radius 1 is 1.11 bits per heavy atom. The molecule has 0 bridgehead atoms. The lowest BCUT2D eigenvalue weighted by molar-refractivity contribution is -0.832. The Morgan fingerprint density at radius 2 is 1.87 bits per heavy atom. The summed E-state index contributed by atoms with van der Waals surface area (Å²) in [7, 11) is -4.27. The predicted octanol–water partition coefficient (Wildman–Crippen LogP) is 2.76. The molecule has 1 saturated carbocycles. The molecule has 1 aliphatic carbocycles. The molecule has 0 amide bonds. The van der Waals surface area contributed by atoms with Crippen LogP contribution in [0.5, 0.6) is 5.88 Å². The first kappa shape index (κ1) is 34.6. The molecule has 15 heteroatoms. The molecule has 2 heterocycles. The van der Waals surface area contributed by atoms with Gasteiger partial charge in [0, 0.05) is 18.4 Å². The number of hydrogen-bond acceptors (Lipinski definition) is 13. The van der Waals surface area contributed by atoms with Crippen LogP contribution in [0, 0.1) is 17.0 Å². The van der Waals surface area contributed by atoms with Crippen molar-refractivity contribution in [2.24, 2.45) is 11.8 Å². The Labute approximate surface area is 266 Å². The second kappa shape index (κ2) is 16.4. The molecule has 5 atom stereocenters. The van der Waals surface area contributed by atoms with Crippen molar-refractivity contribution in [2.75, 3.05) is 13.2 Å². The van der Waals surface area contributed by atoms with Gasteiger partial charge in [-0.3, -0.25) is 14.2 Å². The normalized spacial score (nSPS) is 25.1. The quantitative estimate of drug-likeness (QED) is 0.121. The highest BCUT2D eigenvalue weighted by Crippen LogP contribution is 2.37. The number of hydrogen-bond donors (Lipinski definition) is 1. The molecule has 250 valence electrons. The van der Waals surface area contributed by atoms with Gasteiger partial charge in [-0.2, -0.15) is 0 Å². The molecule has 46 heavy (non-hydrogen) atoms. The molecule has 1 aromatic carbocycles. The van der Waals surface area contributed by atoms with E-state index in [-0.39, 0.29) is 60.2 Å². The van der Waals surface area contributed by atoms with Crippen molar-refractivity contribution >= 4 is 27.7 Å². The number of carbonyl (C=O) groups is 3. The molecule has 0 unspecified atom stereocenters. The maximum Gasteiger partial charge on any atom is 0.414 e. The molecule has 4 rings (SSSR count). The van der Waals surface area contributed by atoms with Crippen LogP contribution in [0.3, 0.4) is 0 Å². The number of aliphatic hydroxyl groups is 1. The topological polar surface area (TPSA) is 195 Å². The fourth-order valence-electron chi connectivity index (χ4n) is 5.35. The van der Waals surface area contributed by atoms with Crippen LogP contribution in [-0.4, -0.2) is 68.1 Å². The van der Waals surface area contributed by atoms with E-state index in [1.54, 1.807) is 6.07 Å². The summed E-state index contributed by atoms with van der Waals surface area (Å²) in [5.41, 5.74) is 0. The van der Waals surface area contributed by atoms with E-state index in [9.17, 15) is 33.1 Å². The van der Waals surface area contributed by atoms with E-state index in [0.717, 1.165) is 12.8 Å². The fraction of sp³-hybridized carbons (Fsp3) is 0.516. The van der Waals surface area contributed by atoms with Gasteiger partial charge in [-0.05, 0) is 68.1 Å². The largest absolute Gasteiger partial charge is 0.466 e. The van der Waals surface area contributed by atoms with Crippen LogP contribution >= 0.6 is 0 Å². The number of allylic oxidation sites excluding steroid dienone is 2. The third-order valence-corrected chi connectivity index (χ3v) is 9.34. The van der Waals surface area contributed by atoms with Crippen LogP contribution in [0.2, 0.25) is 0 Å². The number of rotatable bonds is 11. The number of aromatic nitrogens is 2. The van der Waals surface area contributed by atoms with E-state index in [1.165, 1.54) is 36.4 Å². The summed E-state index contributed by atoms with van der Waals surface area (Å²) in [5.74, 6) is -2.73. The Kier molecular flexibility index (Phi) is 12.3. The van der Waals surface area contributed by atoms with Crippen molar-refractivity contribution in [2.45, 2.75) is 86.5 Å². The minimum absolute atomic E-state index is 0.0515. The molecule has 14 nitrogen and oxygen atoms in total. The molecule has 0 spiro atoms. The Morgan fingerprint density at radius 3 is 2.65 bits per heavy atom. The summed E-state index contributed by atoms with van der Waals surface area (Å²) in [5, 5.41) is 24.9. The number of ether oxygens (including phenoxy) is 4. The fourth-order valence-corrected chi connectivity index (χ4v) is 6.64. The van der Waals surface area contributed by atoms with Gasteiger partial charge >= 0.3 is 28.8 Å². The maximum atomic E-state index is 12.8. The van der Waals surface area contributed by atoms with Gasteiger partial charge in [-0.15, -0.1) is 0 Å². The number of cyclic esters (lactones) is 1. The summed E-state index contributed by atoms with van der Waals surface area (Å²) in [6.07, 6.45) is 7.98. The third kappa shape index (κ3) is 9.63. The zero-order valence-electron chi connectivity index (χ0n) is 25.4. The molecular weight excluding hydrogens is 624 g/mol. The van der Waals surface area contributed by atoms with Crippen LogP contribution in [-0.2, 0) is 38.4 Å². The van der Waals surface area contributed by atoms with Gasteiger partial charge < -0.3 is 29.3 Å². The van der Waals surface area contributed by atoms with Crippen molar-refractivity contribution in [3.05, 3.63) is 59.8 Å². The molecule has 1 aromatic heterocycles. The maximum absolute atomic E-state index is 12.8. The second-order valence-corrected chi connectivity index (χ2v) is 13.0. The van der Waals surface area contributed by atoms with Gasteiger partial charge in [0.05, 0.1) is 48.3 Å². The highest BCUT2D eigenvalue weighted by molar-refractivity contribution is 7.91. The molecule has 2 aliphatic rings. The number of benzene rings is 1. The van der Waals surface area contributed by atoms with Gasteiger partial charge in [0.25, 0.3) is 9.84 Å². The summed E-state index contributed by atoms with van der Waals surface area (Å²) in [6.45, 7) is 1.54. The Hall–Kier alpha value is -4.24. The summed E-state index contributed by atoms with van der Waals surface area (Å²) in [4.78, 5) is 36.9. The van der Waals surface area contributed by atoms with Gasteiger partial charge in [-0.25, -0.2) is 13.2 Å². The zero-order valence-corrected chi connectivity index (χ0v) is 26.2. The van der Waals surface area contributed by atoms with Crippen LogP contribution < -0.4 is 9.64 Å². The van der Waals surface area contributed by atoms with Crippen LogP contribution in [0.1, 0.15) is 58.3 Å². The van der Waals surface area contributed by atoms with Crippen molar-refractivity contribution in [3.63, 3.8) is 0 Å². The monoisotopic (exact) mass is 662 g/mol. The van der Waals surface area contributed by atoms with E-state index in [2.05, 4.69) is 9.79 Å². The van der Waals surface area contributed by atoms with Crippen molar-refractivity contribution < 1.29 is 56.4 Å². The smallest absolute Gasteiger partial charge is 0.414 e. The Bertz CT molecular complexity index is 1500. The summed E-state index contributed by atoms with van der Waals surface area (Å²) < 4.78 is 51.6. The molecule has 2 aromatic rings. The SMILES string of the molecule is C[C@H]1CCC/C=C/[C@@H]2C[C@H](O)C[C@H]2[C@H](OC(=O)CCC(=O)OCCCOc2no[n+]([O-])c2S(=O)(=O)c2ccccc2)/C=C/C(=O)O1. The summed E-state index contributed by atoms with van der Waals surface area (Å²) >= 11 is 0. The van der Waals surface area contributed by atoms with Gasteiger partial charge in [0.1, 0.15) is 6.10 Å². The van der Waals surface area contributed by atoms with Gasteiger partial charge in [0.2, 0.25) is 0 Å². The first-order valence-electron chi connectivity index (χ1n) is 15.2. The standard InChI is InChI=1S/C31H38N2O12S/c1-21-9-4-2-5-10-22-19-23(34)20-25(22)26(13-14-28(36)43-21)44-29(37)16-15-27(35)41-17-8-18-42-30-31(33(38)45-32-30)46(39,40)24-11-6-3-7-12-24/h3,5-7,10-14,21-23,25-26,34H,2,4,8-9,15-20H2,1H3/b10-5+,14-13+/t21-,22+,23-,25+,26+/m0/s1. The molecule has 1 N–H and O–H groups in total. The van der Waals surface area contributed by atoms with Crippen molar-refractivity contribution in [1.82, 2.24) is 5.16 Å². The lowest BCUT2D eigenvalue weighted by atomic mass is 9.89. The minimum atomic E-state index is -4.27. The number of fused-ring (bicyclic) bond motifs is 1. The van der Waals surface area contributed by atoms with E-state index in [1.807, 2.05) is 19.1 Å². The highest BCUT2D eigenvalue weighted by Gasteiger charge is 2.38. The second-order valence-electron chi connectivity index (χ2n) is 11.2. The number of nitrogens with zero attached hydrogens (tertiary/aromatic N) is 2. The molecular formula is C31H38N2O12S.